The summed E-state index contributed by atoms with van der Waals surface area (Å²) in [7, 11) is 3.11. The molecule has 2 amide bonds. The number of methoxy groups -OCH3 is 2. The predicted octanol–water partition coefficient (Wildman–Crippen LogP) is 3.74. The van der Waals surface area contributed by atoms with Crippen LogP contribution in [0.3, 0.4) is 0 Å². The van der Waals surface area contributed by atoms with E-state index in [1.165, 1.54) is 23.1 Å². The molecule has 1 fully saturated rings. The molecule has 0 unspecified atom stereocenters. The number of nitrogens with one attached hydrogen (secondary N) is 1. The molecule has 37 heavy (non-hydrogen) atoms. The van der Waals surface area contributed by atoms with Crippen LogP contribution >= 0.6 is 0 Å². The number of ether oxygens (including phenoxy) is 4. The average Bonchev–Trinajstić information content (AvgIpc) is 3.58. The second-order valence-corrected chi connectivity index (χ2v) is 8.92. The highest BCUT2D eigenvalue weighted by Gasteiger charge is 2.42. The smallest absolute Gasteiger partial charge is 0.256 e. The van der Waals surface area contributed by atoms with Gasteiger partial charge in [-0.15, -0.1) is 0 Å². The standard InChI is InChI=1S/C28H27FN2O6/c1-34-18-8-9-19(25(12-18)35-2)21-14-31(28(33)20-5-3-4-6-23(20)29)15-22(21)27(32)30-13-17-7-10-24-26(11-17)37-16-36-24/h3-12,21-22H,13-16H2,1-2H3,(H,30,32)/t21-,22+/m1/s1. The molecule has 3 aromatic carbocycles. The van der Waals surface area contributed by atoms with Crippen LogP contribution in [-0.4, -0.2) is 50.8 Å². The molecule has 2 aliphatic rings. The fourth-order valence-corrected chi connectivity index (χ4v) is 4.85. The third kappa shape index (κ3) is 4.89. The zero-order valence-electron chi connectivity index (χ0n) is 20.5. The minimum atomic E-state index is -0.596. The number of likely N-dealkylation sites (tertiary alicyclic amines) is 1. The van der Waals surface area contributed by atoms with Gasteiger partial charge in [-0.3, -0.25) is 9.59 Å². The average molecular weight is 507 g/mol. The minimum absolute atomic E-state index is 0.0237. The molecular weight excluding hydrogens is 479 g/mol. The van der Waals surface area contributed by atoms with Crippen LogP contribution in [-0.2, 0) is 11.3 Å². The predicted molar refractivity (Wildman–Crippen MR) is 132 cm³/mol. The van der Waals surface area contributed by atoms with Crippen molar-refractivity contribution in [3.8, 4) is 23.0 Å². The van der Waals surface area contributed by atoms with Crippen LogP contribution in [0, 0.1) is 11.7 Å². The van der Waals surface area contributed by atoms with E-state index in [1.54, 1.807) is 38.5 Å². The SMILES string of the molecule is COc1ccc([C@H]2CN(C(=O)c3ccccc3F)C[C@@H]2C(=O)NCc2ccc3c(c2)OCO3)c(OC)c1. The maximum Gasteiger partial charge on any atom is 0.256 e. The van der Waals surface area contributed by atoms with Gasteiger partial charge in [-0.2, -0.15) is 0 Å². The quantitative estimate of drug-likeness (QED) is 0.526. The topological polar surface area (TPSA) is 86.3 Å². The van der Waals surface area contributed by atoms with Gasteiger partial charge in [0.15, 0.2) is 11.5 Å². The van der Waals surface area contributed by atoms with Crippen molar-refractivity contribution in [3.63, 3.8) is 0 Å². The Morgan fingerprint density at radius 3 is 2.59 bits per heavy atom. The normalized spacial score (nSPS) is 18.0. The molecule has 2 heterocycles. The van der Waals surface area contributed by atoms with Crippen LogP contribution in [0.4, 0.5) is 4.39 Å². The molecule has 5 rings (SSSR count). The highest BCUT2D eigenvalue weighted by atomic mass is 19.1. The summed E-state index contributed by atoms with van der Waals surface area (Å²) >= 11 is 0. The Kier molecular flexibility index (Phi) is 6.85. The van der Waals surface area contributed by atoms with Gasteiger partial charge in [0.25, 0.3) is 5.91 Å². The van der Waals surface area contributed by atoms with E-state index in [9.17, 15) is 14.0 Å². The third-order valence-electron chi connectivity index (χ3n) is 6.79. The van der Waals surface area contributed by atoms with Gasteiger partial charge >= 0.3 is 0 Å². The van der Waals surface area contributed by atoms with Crippen LogP contribution in [0.5, 0.6) is 23.0 Å². The first-order valence-corrected chi connectivity index (χ1v) is 11.9. The molecule has 2 atom stereocenters. The van der Waals surface area contributed by atoms with Crippen molar-refractivity contribution in [2.75, 3.05) is 34.1 Å². The van der Waals surface area contributed by atoms with Gasteiger partial charge in [-0.1, -0.05) is 24.3 Å². The maximum absolute atomic E-state index is 14.4. The molecule has 0 spiro atoms. The molecule has 0 saturated carbocycles. The van der Waals surface area contributed by atoms with Crippen molar-refractivity contribution in [3.05, 3.63) is 83.2 Å². The van der Waals surface area contributed by atoms with Gasteiger partial charge in [-0.25, -0.2) is 4.39 Å². The first-order chi connectivity index (χ1) is 18.0. The molecule has 0 aliphatic carbocycles. The fourth-order valence-electron chi connectivity index (χ4n) is 4.85. The van der Waals surface area contributed by atoms with Gasteiger partial charge in [0.1, 0.15) is 17.3 Å². The highest BCUT2D eigenvalue weighted by molar-refractivity contribution is 5.95. The summed E-state index contributed by atoms with van der Waals surface area (Å²) in [6, 6.07) is 16.7. The van der Waals surface area contributed by atoms with Crippen LogP contribution in [0.1, 0.15) is 27.4 Å². The molecule has 8 nitrogen and oxygen atoms in total. The van der Waals surface area contributed by atoms with Crippen LogP contribution < -0.4 is 24.3 Å². The first kappa shape index (κ1) is 24.4. The lowest BCUT2D eigenvalue weighted by Gasteiger charge is -2.21. The lowest BCUT2D eigenvalue weighted by molar-refractivity contribution is -0.125. The summed E-state index contributed by atoms with van der Waals surface area (Å²) in [5, 5.41) is 2.99. The van der Waals surface area contributed by atoms with Crippen LogP contribution in [0.2, 0.25) is 0 Å². The Labute approximate surface area is 213 Å². The number of fused-ring (bicyclic) bond motifs is 1. The zero-order chi connectivity index (χ0) is 25.9. The second-order valence-electron chi connectivity index (χ2n) is 8.92. The van der Waals surface area contributed by atoms with E-state index in [2.05, 4.69) is 5.32 Å². The van der Waals surface area contributed by atoms with Gasteiger partial charge in [0.2, 0.25) is 12.7 Å². The number of amides is 2. The van der Waals surface area contributed by atoms with E-state index in [4.69, 9.17) is 18.9 Å². The molecule has 0 radical (unpaired) electrons. The maximum atomic E-state index is 14.4. The molecule has 9 heteroatoms. The zero-order valence-corrected chi connectivity index (χ0v) is 20.5. The van der Waals surface area contributed by atoms with E-state index < -0.39 is 17.6 Å². The second kappa shape index (κ2) is 10.4. The molecule has 2 aliphatic heterocycles. The van der Waals surface area contributed by atoms with Crippen molar-refractivity contribution in [1.29, 1.82) is 0 Å². The lowest BCUT2D eigenvalue weighted by atomic mass is 9.87. The summed E-state index contributed by atoms with van der Waals surface area (Å²) in [6.45, 7) is 0.822. The van der Waals surface area contributed by atoms with Crippen molar-refractivity contribution < 1.29 is 32.9 Å². The molecule has 0 aromatic heterocycles. The molecule has 1 saturated heterocycles. The number of rotatable bonds is 7. The number of benzene rings is 3. The Morgan fingerprint density at radius 1 is 1.00 bits per heavy atom. The first-order valence-electron chi connectivity index (χ1n) is 11.9. The van der Waals surface area contributed by atoms with Gasteiger partial charge in [-0.05, 0) is 35.9 Å². The van der Waals surface area contributed by atoms with Crippen LogP contribution in [0.15, 0.2) is 60.7 Å². The van der Waals surface area contributed by atoms with Crippen molar-refractivity contribution in [2.45, 2.75) is 12.5 Å². The number of carbonyl (C=O) groups is 2. The van der Waals surface area contributed by atoms with Crippen molar-refractivity contribution in [2.24, 2.45) is 5.92 Å². The van der Waals surface area contributed by atoms with E-state index in [0.717, 1.165) is 11.1 Å². The summed E-state index contributed by atoms with van der Waals surface area (Å²) < 4.78 is 36.1. The number of nitrogens with zero attached hydrogens (tertiary/aromatic N) is 1. The van der Waals surface area contributed by atoms with E-state index in [1.807, 2.05) is 18.2 Å². The van der Waals surface area contributed by atoms with Crippen molar-refractivity contribution >= 4 is 11.8 Å². The summed E-state index contributed by atoms with van der Waals surface area (Å²) in [6.07, 6.45) is 0. The number of carbonyl (C=O) groups excluding carboxylic acids is 2. The number of halogens is 1. The largest absolute Gasteiger partial charge is 0.497 e. The van der Waals surface area contributed by atoms with Gasteiger partial charge in [0.05, 0.1) is 25.7 Å². The Bertz CT molecular complexity index is 1330. The van der Waals surface area contributed by atoms with Gasteiger partial charge < -0.3 is 29.2 Å². The van der Waals surface area contributed by atoms with E-state index in [0.29, 0.717) is 23.0 Å². The molecule has 0 bridgehead atoms. The third-order valence-corrected chi connectivity index (χ3v) is 6.79. The van der Waals surface area contributed by atoms with E-state index >= 15 is 0 Å². The van der Waals surface area contributed by atoms with Crippen LogP contribution in [0.25, 0.3) is 0 Å². The Morgan fingerprint density at radius 2 is 1.81 bits per heavy atom. The number of hydrogen-bond acceptors (Lipinski definition) is 6. The van der Waals surface area contributed by atoms with E-state index in [-0.39, 0.29) is 43.8 Å². The molecule has 1 N–H and O–H groups in total. The highest BCUT2D eigenvalue weighted by Crippen LogP contribution is 2.40. The summed E-state index contributed by atoms with van der Waals surface area (Å²) in [5.74, 6) is 0.253. The summed E-state index contributed by atoms with van der Waals surface area (Å²) in [4.78, 5) is 28.2. The fraction of sp³-hybridized carbons (Fsp3) is 0.286. The monoisotopic (exact) mass is 506 g/mol. The molecule has 192 valence electrons. The lowest BCUT2D eigenvalue weighted by Crippen LogP contribution is -2.35. The molecular formula is C28H27FN2O6. The number of hydrogen-bond donors (Lipinski definition) is 1. The Balaban J connectivity index is 1.40. The van der Waals surface area contributed by atoms with Gasteiger partial charge in [0, 0.05) is 37.2 Å². The Hall–Kier alpha value is -4.27. The van der Waals surface area contributed by atoms with Crippen molar-refractivity contribution in [1.82, 2.24) is 10.2 Å². The summed E-state index contributed by atoms with van der Waals surface area (Å²) in [5.41, 5.74) is 1.60. The minimum Gasteiger partial charge on any atom is -0.497 e. The molecule has 3 aromatic rings.